The molecular formula is C26H25BrN2O2. The van der Waals surface area contributed by atoms with Crippen LogP contribution in [0.25, 0.3) is 0 Å². The van der Waals surface area contributed by atoms with Crippen LogP contribution in [0.4, 0.5) is 0 Å². The number of nitrogens with zero attached hydrogens (tertiary/aromatic N) is 1. The van der Waals surface area contributed by atoms with E-state index in [0.717, 1.165) is 34.0 Å². The van der Waals surface area contributed by atoms with Crippen LogP contribution in [0.5, 0.6) is 0 Å². The fourth-order valence-corrected chi connectivity index (χ4v) is 3.90. The topological polar surface area (TPSA) is 49.4 Å². The molecule has 0 aromatic heterocycles. The Morgan fingerprint density at radius 1 is 0.871 bits per heavy atom. The highest BCUT2D eigenvalue weighted by molar-refractivity contribution is 9.10. The molecule has 1 aliphatic carbocycles. The summed E-state index contributed by atoms with van der Waals surface area (Å²) >= 11 is 3.60. The summed E-state index contributed by atoms with van der Waals surface area (Å²) in [6.07, 6.45) is 1.93. The number of carbonyl (C=O) groups is 2. The molecule has 5 heteroatoms. The van der Waals surface area contributed by atoms with Gasteiger partial charge >= 0.3 is 0 Å². The molecule has 3 aromatic carbocycles. The number of halogens is 1. The Labute approximate surface area is 191 Å². The lowest BCUT2D eigenvalue weighted by Crippen LogP contribution is -2.31. The largest absolute Gasteiger partial charge is 0.348 e. The van der Waals surface area contributed by atoms with Gasteiger partial charge < -0.3 is 10.2 Å². The molecule has 0 atom stereocenters. The highest BCUT2D eigenvalue weighted by atomic mass is 79.9. The third-order valence-corrected chi connectivity index (χ3v) is 6.19. The molecule has 1 aliphatic rings. The zero-order valence-corrected chi connectivity index (χ0v) is 18.8. The van der Waals surface area contributed by atoms with Crippen LogP contribution in [0.15, 0.2) is 83.3 Å². The fraction of sp³-hybridized carbons (Fsp3) is 0.231. The maximum Gasteiger partial charge on any atom is 0.251 e. The third-order valence-electron chi connectivity index (χ3n) is 5.42. The van der Waals surface area contributed by atoms with Crippen molar-refractivity contribution in [1.82, 2.24) is 10.2 Å². The van der Waals surface area contributed by atoms with Crippen molar-refractivity contribution in [1.29, 1.82) is 0 Å². The average molecular weight is 477 g/mol. The van der Waals surface area contributed by atoms with Crippen LogP contribution in [0.1, 0.15) is 39.9 Å². The summed E-state index contributed by atoms with van der Waals surface area (Å²) < 4.78 is 0.897. The molecule has 1 N–H and O–H groups in total. The first-order valence-corrected chi connectivity index (χ1v) is 11.3. The molecule has 158 valence electrons. The predicted octanol–water partition coefficient (Wildman–Crippen LogP) is 5.32. The highest BCUT2D eigenvalue weighted by Crippen LogP contribution is 2.32. The summed E-state index contributed by atoms with van der Waals surface area (Å²) in [5.41, 5.74) is 3.67. The number of hydrogen-bond donors (Lipinski definition) is 1. The average Bonchev–Trinajstić information content (AvgIpc) is 3.65. The molecular weight excluding hydrogens is 452 g/mol. The Morgan fingerprint density at radius 3 is 2.16 bits per heavy atom. The van der Waals surface area contributed by atoms with Gasteiger partial charge in [-0.3, -0.25) is 9.59 Å². The molecule has 0 saturated heterocycles. The van der Waals surface area contributed by atoms with E-state index in [0.29, 0.717) is 25.2 Å². The second-order valence-electron chi connectivity index (χ2n) is 7.93. The van der Waals surface area contributed by atoms with E-state index in [4.69, 9.17) is 0 Å². The third kappa shape index (κ3) is 5.82. The van der Waals surface area contributed by atoms with Gasteiger partial charge in [0.05, 0.1) is 0 Å². The van der Waals surface area contributed by atoms with Gasteiger partial charge in [-0.25, -0.2) is 0 Å². The SMILES string of the molecule is O=C(NCc1ccccc1)c1ccc(Br)c(CN(Cc2ccccc2)C(=O)C2CC2)c1. The predicted molar refractivity (Wildman–Crippen MR) is 125 cm³/mol. The number of hydrogen-bond acceptors (Lipinski definition) is 2. The van der Waals surface area contributed by atoms with Crippen molar-refractivity contribution in [3.63, 3.8) is 0 Å². The zero-order chi connectivity index (χ0) is 21.6. The first-order chi connectivity index (χ1) is 15.1. The van der Waals surface area contributed by atoms with Gasteiger partial charge in [0.15, 0.2) is 0 Å². The number of carbonyl (C=O) groups excluding carboxylic acids is 2. The van der Waals surface area contributed by atoms with Gasteiger partial charge in [-0.05, 0) is 47.7 Å². The molecule has 3 aromatic rings. The summed E-state index contributed by atoms with van der Waals surface area (Å²) in [5.74, 6) is 0.204. The van der Waals surface area contributed by atoms with Gasteiger partial charge in [0.25, 0.3) is 5.91 Å². The summed E-state index contributed by atoms with van der Waals surface area (Å²) in [4.78, 5) is 27.5. The van der Waals surface area contributed by atoms with Crippen molar-refractivity contribution in [2.24, 2.45) is 5.92 Å². The molecule has 2 amide bonds. The second-order valence-corrected chi connectivity index (χ2v) is 8.78. The quantitative estimate of drug-likeness (QED) is 0.478. The maximum atomic E-state index is 12.9. The minimum absolute atomic E-state index is 0.124. The Kier molecular flexibility index (Phi) is 6.82. The van der Waals surface area contributed by atoms with Crippen LogP contribution in [0.3, 0.4) is 0 Å². The van der Waals surface area contributed by atoms with Crippen LogP contribution in [0.2, 0.25) is 0 Å². The van der Waals surface area contributed by atoms with E-state index >= 15 is 0 Å². The highest BCUT2D eigenvalue weighted by Gasteiger charge is 2.33. The van der Waals surface area contributed by atoms with Crippen molar-refractivity contribution >= 4 is 27.7 Å². The molecule has 4 nitrogen and oxygen atoms in total. The molecule has 0 heterocycles. The maximum absolute atomic E-state index is 12.9. The van der Waals surface area contributed by atoms with Crippen molar-refractivity contribution in [3.05, 3.63) is 106 Å². The Balaban J connectivity index is 1.49. The number of nitrogens with one attached hydrogen (secondary N) is 1. The van der Waals surface area contributed by atoms with E-state index < -0.39 is 0 Å². The lowest BCUT2D eigenvalue weighted by atomic mass is 10.1. The van der Waals surface area contributed by atoms with E-state index in [9.17, 15) is 9.59 Å². The van der Waals surface area contributed by atoms with Gasteiger partial charge in [-0.1, -0.05) is 76.6 Å². The van der Waals surface area contributed by atoms with Crippen molar-refractivity contribution in [3.8, 4) is 0 Å². The molecule has 1 fully saturated rings. The molecule has 31 heavy (non-hydrogen) atoms. The summed E-state index contributed by atoms with van der Waals surface area (Å²) in [5, 5.41) is 2.97. The van der Waals surface area contributed by atoms with Gasteiger partial charge in [0.2, 0.25) is 5.91 Å². The van der Waals surface area contributed by atoms with Crippen molar-refractivity contribution in [2.45, 2.75) is 32.5 Å². The zero-order valence-electron chi connectivity index (χ0n) is 17.3. The Hall–Kier alpha value is -2.92. The van der Waals surface area contributed by atoms with Crippen LogP contribution >= 0.6 is 15.9 Å². The Morgan fingerprint density at radius 2 is 1.52 bits per heavy atom. The lowest BCUT2D eigenvalue weighted by molar-refractivity contribution is -0.133. The first kappa shape index (κ1) is 21.3. The minimum Gasteiger partial charge on any atom is -0.348 e. The molecule has 0 spiro atoms. The van der Waals surface area contributed by atoms with E-state index in [2.05, 4.69) is 21.2 Å². The molecule has 0 radical (unpaired) electrons. The van der Waals surface area contributed by atoms with Crippen molar-refractivity contribution < 1.29 is 9.59 Å². The van der Waals surface area contributed by atoms with Crippen LogP contribution in [-0.4, -0.2) is 16.7 Å². The normalized spacial score (nSPS) is 12.9. The van der Waals surface area contributed by atoms with Gasteiger partial charge in [0, 0.05) is 35.6 Å². The van der Waals surface area contributed by atoms with Gasteiger partial charge in [-0.2, -0.15) is 0 Å². The van der Waals surface area contributed by atoms with Crippen LogP contribution in [0, 0.1) is 5.92 Å². The number of rotatable bonds is 8. The molecule has 0 aliphatic heterocycles. The molecule has 0 bridgehead atoms. The van der Waals surface area contributed by atoms with E-state index in [1.165, 1.54) is 0 Å². The summed E-state index contributed by atoms with van der Waals surface area (Å²) in [6, 6.07) is 25.4. The van der Waals surface area contributed by atoms with Crippen LogP contribution < -0.4 is 5.32 Å². The Bertz CT molecular complexity index is 1050. The molecule has 4 rings (SSSR count). The minimum atomic E-state index is -0.124. The van der Waals surface area contributed by atoms with E-state index in [-0.39, 0.29) is 17.7 Å². The van der Waals surface area contributed by atoms with Gasteiger partial charge in [0.1, 0.15) is 0 Å². The van der Waals surface area contributed by atoms with E-state index in [1.807, 2.05) is 77.7 Å². The monoisotopic (exact) mass is 476 g/mol. The van der Waals surface area contributed by atoms with Crippen molar-refractivity contribution in [2.75, 3.05) is 0 Å². The summed E-state index contributed by atoms with van der Waals surface area (Å²) in [7, 11) is 0. The standard InChI is InChI=1S/C26H25BrN2O2/c27-24-14-13-22(25(30)28-16-19-7-3-1-4-8-19)15-23(24)18-29(26(31)21-11-12-21)17-20-9-5-2-6-10-20/h1-10,13-15,21H,11-12,16-18H2,(H,28,30). The molecule has 0 unspecified atom stereocenters. The fourth-order valence-electron chi connectivity index (χ4n) is 3.53. The smallest absolute Gasteiger partial charge is 0.251 e. The summed E-state index contributed by atoms with van der Waals surface area (Å²) in [6.45, 7) is 1.50. The van der Waals surface area contributed by atoms with E-state index in [1.54, 1.807) is 6.07 Å². The molecule has 1 saturated carbocycles. The number of amides is 2. The van der Waals surface area contributed by atoms with Gasteiger partial charge in [-0.15, -0.1) is 0 Å². The number of benzene rings is 3. The second kappa shape index (κ2) is 9.92. The first-order valence-electron chi connectivity index (χ1n) is 10.5. The van der Waals surface area contributed by atoms with Crippen LogP contribution in [-0.2, 0) is 24.4 Å². The lowest BCUT2D eigenvalue weighted by Gasteiger charge is -2.24.